The van der Waals surface area contributed by atoms with Gasteiger partial charge in [-0.2, -0.15) is 5.10 Å². The first-order valence-corrected chi connectivity index (χ1v) is 6.47. The lowest BCUT2D eigenvalue weighted by Gasteiger charge is -2.18. The smallest absolute Gasteiger partial charge is 0.251 e. The van der Waals surface area contributed by atoms with E-state index >= 15 is 0 Å². The predicted octanol–water partition coefficient (Wildman–Crippen LogP) is 2.02. The number of carbonyl (C=O) groups excluding carboxylic acids is 1. The summed E-state index contributed by atoms with van der Waals surface area (Å²) in [5.74, 6) is 0.617. The largest absolute Gasteiger partial charge is 0.366 e. The van der Waals surface area contributed by atoms with Gasteiger partial charge in [0.15, 0.2) is 5.82 Å². The lowest BCUT2D eigenvalue weighted by molar-refractivity contribution is 0.100. The van der Waals surface area contributed by atoms with Crippen LogP contribution in [-0.4, -0.2) is 25.7 Å². The quantitative estimate of drug-likeness (QED) is 0.858. The molecule has 2 aromatic heterocycles. The molecule has 2 aromatic rings. The van der Waals surface area contributed by atoms with Crippen LogP contribution in [0.2, 0.25) is 5.15 Å². The van der Waals surface area contributed by atoms with Gasteiger partial charge in [-0.3, -0.25) is 4.79 Å². The zero-order valence-corrected chi connectivity index (χ0v) is 12.6. The van der Waals surface area contributed by atoms with Gasteiger partial charge in [0, 0.05) is 17.2 Å². The average molecular weight is 294 g/mol. The molecule has 0 bridgehead atoms. The molecule has 0 aliphatic carbocycles. The van der Waals surface area contributed by atoms with E-state index in [1.165, 1.54) is 17.1 Å². The van der Waals surface area contributed by atoms with Crippen LogP contribution in [0.25, 0.3) is 5.82 Å². The van der Waals surface area contributed by atoms with Crippen molar-refractivity contribution in [3.05, 3.63) is 34.5 Å². The molecule has 0 aromatic carbocycles. The summed E-state index contributed by atoms with van der Waals surface area (Å²) in [6.45, 7) is 7.79. The Morgan fingerprint density at radius 2 is 2.00 bits per heavy atom. The number of hydrogen-bond acceptors (Lipinski definition) is 4. The fourth-order valence-corrected chi connectivity index (χ4v) is 1.77. The van der Waals surface area contributed by atoms with E-state index in [0.717, 1.165) is 0 Å². The molecule has 0 spiro atoms. The summed E-state index contributed by atoms with van der Waals surface area (Å²) in [6, 6.07) is 0. The summed E-state index contributed by atoms with van der Waals surface area (Å²) >= 11 is 6.16. The molecule has 106 valence electrons. The number of hydrogen-bond donors (Lipinski definition) is 1. The minimum atomic E-state index is -0.537. The van der Waals surface area contributed by atoms with Crippen molar-refractivity contribution < 1.29 is 4.79 Å². The SMILES string of the molecule is Cc1c(Cl)nc(C(C)(C)C)nc1-n1cc(C(N)=O)cn1. The Bertz CT molecular complexity index is 672. The highest BCUT2D eigenvalue weighted by molar-refractivity contribution is 6.30. The van der Waals surface area contributed by atoms with Crippen LogP contribution in [0.4, 0.5) is 0 Å². The molecule has 0 saturated heterocycles. The first-order valence-electron chi connectivity index (χ1n) is 6.09. The summed E-state index contributed by atoms with van der Waals surface area (Å²) in [6.07, 6.45) is 2.93. The molecule has 1 amide bonds. The van der Waals surface area contributed by atoms with Crippen LogP contribution in [0.3, 0.4) is 0 Å². The summed E-state index contributed by atoms with van der Waals surface area (Å²) in [5.41, 5.74) is 5.99. The van der Waals surface area contributed by atoms with Crippen LogP contribution in [0, 0.1) is 6.92 Å². The van der Waals surface area contributed by atoms with Gasteiger partial charge in [0.05, 0.1) is 11.8 Å². The van der Waals surface area contributed by atoms with Crippen molar-refractivity contribution in [1.82, 2.24) is 19.7 Å². The van der Waals surface area contributed by atoms with Gasteiger partial charge in [-0.1, -0.05) is 32.4 Å². The third-order valence-corrected chi connectivity index (χ3v) is 3.18. The van der Waals surface area contributed by atoms with Crippen molar-refractivity contribution in [1.29, 1.82) is 0 Å². The van der Waals surface area contributed by atoms with Gasteiger partial charge in [-0.15, -0.1) is 0 Å². The monoisotopic (exact) mass is 293 g/mol. The number of amides is 1. The zero-order chi connectivity index (χ0) is 15.1. The third-order valence-electron chi connectivity index (χ3n) is 2.82. The Morgan fingerprint density at radius 3 is 2.50 bits per heavy atom. The summed E-state index contributed by atoms with van der Waals surface area (Å²) in [7, 11) is 0. The van der Waals surface area contributed by atoms with Crippen LogP contribution in [-0.2, 0) is 5.41 Å². The van der Waals surface area contributed by atoms with Gasteiger partial charge >= 0.3 is 0 Å². The summed E-state index contributed by atoms with van der Waals surface area (Å²) < 4.78 is 1.48. The highest BCUT2D eigenvalue weighted by Gasteiger charge is 2.21. The van der Waals surface area contributed by atoms with Crippen molar-refractivity contribution >= 4 is 17.5 Å². The molecule has 2 N–H and O–H groups in total. The molecular weight excluding hydrogens is 278 g/mol. The lowest BCUT2D eigenvalue weighted by Crippen LogP contribution is -2.19. The molecule has 0 fully saturated rings. The molecule has 6 nitrogen and oxygen atoms in total. The van der Waals surface area contributed by atoms with Crippen molar-refractivity contribution in [3.8, 4) is 5.82 Å². The number of halogens is 1. The highest BCUT2D eigenvalue weighted by atomic mass is 35.5. The summed E-state index contributed by atoms with van der Waals surface area (Å²) in [4.78, 5) is 19.9. The average Bonchev–Trinajstić information content (AvgIpc) is 2.80. The Labute approximate surface area is 122 Å². The molecule has 0 radical (unpaired) electrons. The molecule has 2 rings (SSSR count). The standard InChI is InChI=1S/C13H16ClN5O/c1-7-9(14)17-12(13(2,3)4)18-11(7)19-6-8(5-16-19)10(15)20/h5-6H,1-4H3,(H2,15,20). The molecule has 0 aliphatic rings. The molecule has 0 saturated carbocycles. The molecule has 0 aliphatic heterocycles. The van der Waals surface area contributed by atoms with Gasteiger partial charge in [0.25, 0.3) is 5.91 Å². The van der Waals surface area contributed by atoms with Crippen molar-refractivity contribution in [3.63, 3.8) is 0 Å². The first kappa shape index (κ1) is 14.5. The van der Waals surface area contributed by atoms with E-state index in [0.29, 0.717) is 27.9 Å². The van der Waals surface area contributed by atoms with E-state index in [1.807, 2.05) is 20.8 Å². The predicted molar refractivity (Wildman–Crippen MR) is 76.1 cm³/mol. The maximum absolute atomic E-state index is 11.1. The Kier molecular flexibility index (Phi) is 3.52. The van der Waals surface area contributed by atoms with E-state index in [9.17, 15) is 4.79 Å². The fraction of sp³-hybridized carbons (Fsp3) is 0.385. The Morgan fingerprint density at radius 1 is 1.35 bits per heavy atom. The second-order valence-electron chi connectivity index (χ2n) is 5.57. The van der Waals surface area contributed by atoms with E-state index in [2.05, 4.69) is 15.1 Å². The second-order valence-corrected chi connectivity index (χ2v) is 5.93. The minimum Gasteiger partial charge on any atom is -0.366 e. The number of carbonyl (C=O) groups is 1. The normalized spacial score (nSPS) is 11.7. The van der Waals surface area contributed by atoms with Gasteiger partial charge in [-0.05, 0) is 6.92 Å². The number of aromatic nitrogens is 4. The van der Waals surface area contributed by atoms with Gasteiger partial charge < -0.3 is 5.73 Å². The lowest BCUT2D eigenvalue weighted by atomic mass is 9.95. The van der Waals surface area contributed by atoms with Crippen LogP contribution in [0.5, 0.6) is 0 Å². The number of rotatable bonds is 2. The van der Waals surface area contributed by atoms with E-state index < -0.39 is 5.91 Å². The van der Waals surface area contributed by atoms with Gasteiger partial charge in [-0.25, -0.2) is 14.6 Å². The molecular formula is C13H16ClN5O. The van der Waals surface area contributed by atoms with Gasteiger partial charge in [0.2, 0.25) is 0 Å². The van der Waals surface area contributed by atoms with Crippen LogP contribution >= 0.6 is 11.6 Å². The fourth-order valence-electron chi connectivity index (χ4n) is 1.60. The zero-order valence-electron chi connectivity index (χ0n) is 11.8. The van der Waals surface area contributed by atoms with E-state index in [-0.39, 0.29) is 5.41 Å². The van der Waals surface area contributed by atoms with E-state index in [4.69, 9.17) is 17.3 Å². The number of nitrogens with two attached hydrogens (primary N) is 1. The molecule has 20 heavy (non-hydrogen) atoms. The van der Waals surface area contributed by atoms with Crippen LogP contribution in [0.15, 0.2) is 12.4 Å². The Balaban J connectivity index is 2.60. The maximum Gasteiger partial charge on any atom is 0.251 e. The second kappa shape index (κ2) is 4.86. The number of nitrogens with zero attached hydrogens (tertiary/aromatic N) is 4. The van der Waals surface area contributed by atoms with Crippen LogP contribution in [0.1, 0.15) is 42.5 Å². The van der Waals surface area contributed by atoms with Crippen LogP contribution < -0.4 is 5.73 Å². The van der Waals surface area contributed by atoms with Crippen molar-refractivity contribution in [2.45, 2.75) is 33.1 Å². The van der Waals surface area contributed by atoms with Crippen molar-refractivity contribution in [2.24, 2.45) is 5.73 Å². The topological polar surface area (TPSA) is 86.7 Å². The van der Waals surface area contributed by atoms with E-state index in [1.54, 1.807) is 6.92 Å². The summed E-state index contributed by atoms with van der Waals surface area (Å²) in [5, 5.41) is 4.47. The molecule has 0 atom stereocenters. The minimum absolute atomic E-state index is 0.244. The van der Waals surface area contributed by atoms with Crippen molar-refractivity contribution in [2.75, 3.05) is 0 Å². The van der Waals surface area contributed by atoms with Gasteiger partial charge in [0.1, 0.15) is 11.0 Å². The molecule has 7 heteroatoms. The Hall–Kier alpha value is -1.95. The number of primary amides is 1. The molecule has 0 unspecified atom stereocenters. The third kappa shape index (κ3) is 2.65. The highest BCUT2D eigenvalue weighted by Crippen LogP contribution is 2.25. The first-order chi connectivity index (χ1) is 9.20. The molecule has 2 heterocycles. The maximum atomic E-state index is 11.1.